The summed E-state index contributed by atoms with van der Waals surface area (Å²) in [6.07, 6.45) is 5.02. The molecule has 39 heavy (non-hydrogen) atoms. The third kappa shape index (κ3) is 5.82. The average molecular weight is 609 g/mol. The van der Waals surface area contributed by atoms with Gasteiger partial charge in [-0.3, -0.25) is 9.59 Å². The molecule has 0 saturated heterocycles. The zero-order chi connectivity index (χ0) is 27.6. The molecule has 2 amide bonds. The van der Waals surface area contributed by atoms with Gasteiger partial charge in [-0.05, 0) is 79.4 Å². The molecule has 0 spiro atoms. The van der Waals surface area contributed by atoms with Crippen LogP contribution < -0.4 is 16.0 Å². The van der Waals surface area contributed by atoms with E-state index in [-0.39, 0.29) is 17.2 Å². The molecule has 0 bridgehead atoms. The molecular weight excluding hydrogens is 578 g/mol. The van der Waals surface area contributed by atoms with E-state index in [9.17, 15) is 9.59 Å². The molecule has 4 aromatic rings. The molecule has 3 aromatic carbocycles. The minimum Gasteiger partial charge on any atom is -0.352 e. The van der Waals surface area contributed by atoms with Crippen molar-refractivity contribution in [1.29, 1.82) is 0 Å². The summed E-state index contributed by atoms with van der Waals surface area (Å²) in [6, 6.07) is 18.5. The molecule has 0 aliphatic heterocycles. The van der Waals surface area contributed by atoms with Crippen molar-refractivity contribution in [3.05, 3.63) is 81.3 Å². The van der Waals surface area contributed by atoms with E-state index in [0.717, 1.165) is 47.7 Å². The Hall–Kier alpha value is -3.36. The standard InChI is InChI=1S/C30H31BrClN5O2/c1-3-30(14-4-5-15-30)28(39)33-18-19-6-12-23(32)24(16-19)35-29-36-25-17-20(7-13-26(25)37(29)2)27(38)34-22-10-8-21(31)9-11-22/h6-13,16-17H,3-5,14-15,18H2,1-2H3,(H,33,39)(H,34,38)(H,35,36). The Morgan fingerprint density at radius 2 is 1.79 bits per heavy atom. The lowest BCUT2D eigenvalue weighted by Gasteiger charge is -2.26. The summed E-state index contributed by atoms with van der Waals surface area (Å²) in [5.74, 6) is 0.524. The van der Waals surface area contributed by atoms with E-state index in [1.54, 1.807) is 12.1 Å². The van der Waals surface area contributed by atoms with Gasteiger partial charge in [0.25, 0.3) is 5.91 Å². The van der Waals surface area contributed by atoms with Crippen LogP contribution >= 0.6 is 27.5 Å². The van der Waals surface area contributed by atoms with Gasteiger partial charge in [0.05, 0.1) is 21.7 Å². The Bertz CT molecular complexity index is 1530. The van der Waals surface area contributed by atoms with Crippen LogP contribution in [0.1, 0.15) is 54.9 Å². The predicted molar refractivity (Wildman–Crippen MR) is 161 cm³/mol. The normalized spacial score (nSPS) is 14.4. The molecule has 3 N–H and O–H groups in total. The monoisotopic (exact) mass is 607 g/mol. The van der Waals surface area contributed by atoms with Crippen LogP contribution in [0.25, 0.3) is 11.0 Å². The smallest absolute Gasteiger partial charge is 0.255 e. The van der Waals surface area contributed by atoms with Gasteiger partial charge in [-0.1, -0.05) is 53.4 Å². The van der Waals surface area contributed by atoms with Gasteiger partial charge in [0.2, 0.25) is 11.9 Å². The van der Waals surface area contributed by atoms with Crippen LogP contribution in [0.15, 0.2) is 65.1 Å². The largest absolute Gasteiger partial charge is 0.352 e. The molecule has 5 rings (SSSR count). The second-order valence-corrected chi connectivity index (χ2v) is 11.4. The summed E-state index contributed by atoms with van der Waals surface area (Å²) in [5.41, 5.74) is 4.20. The minimum absolute atomic E-state index is 0.141. The number of carbonyl (C=O) groups excluding carboxylic acids is 2. The van der Waals surface area contributed by atoms with Crippen molar-refractivity contribution >= 4 is 67.7 Å². The fraction of sp³-hybridized carbons (Fsp3) is 0.300. The Labute approximate surface area is 241 Å². The van der Waals surface area contributed by atoms with E-state index in [1.165, 1.54) is 0 Å². The molecule has 1 saturated carbocycles. The number of amides is 2. The van der Waals surface area contributed by atoms with Crippen molar-refractivity contribution in [2.45, 2.75) is 45.6 Å². The Morgan fingerprint density at radius 1 is 1.05 bits per heavy atom. The molecule has 1 heterocycles. The number of fused-ring (bicyclic) bond motifs is 1. The maximum Gasteiger partial charge on any atom is 0.255 e. The minimum atomic E-state index is -0.228. The number of aromatic nitrogens is 2. The fourth-order valence-corrected chi connectivity index (χ4v) is 5.68. The molecule has 9 heteroatoms. The highest BCUT2D eigenvalue weighted by molar-refractivity contribution is 9.10. The van der Waals surface area contributed by atoms with Crippen molar-refractivity contribution in [3.63, 3.8) is 0 Å². The molecule has 1 aromatic heterocycles. The number of hydrogen-bond donors (Lipinski definition) is 3. The molecule has 202 valence electrons. The van der Waals surface area contributed by atoms with Crippen molar-refractivity contribution in [2.24, 2.45) is 12.5 Å². The first-order chi connectivity index (χ1) is 18.8. The first kappa shape index (κ1) is 27.2. The van der Waals surface area contributed by atoms with E-state index in [2.05, 4.69) is 38.8 Å². The van der Waals surface area contributed by atoms with Gasteiger partial charge in [0, 0.05) is 34.7 Å². The number of nitrogens with one attached hydrogen (secondary N) is 3. The zero-order valence-corrected chi connectivity index (χ0v) is 24.3. The first-order valence-electron chi connectivity index (χ1n) is 13.2. The Kier molecular flexibility index (Phi) is 7.96. The van der Waals surface area contributed by atoms with Gasteiger partial charge >= 0.3 is 0 Å². The third-order valence-corrected chi connectivity index (χ3v) is 8.55. The quantitative estimate of drug-likeness (QED) is 0.193. The Morgan fingerprint density at radius 3 is 2.51 bits per heavy atom. The molecule has 0 radical (unpaired) electrons. The van der Waals surface area contributed by atoms with Gasteiger partial charge < -0.3 is 20.5 Å². The van der Waals surface area contributed by atoms with E-state index in [4.69, 9.17) is 16.6 Å². The molecule has 1 fully saturated rings. The van der Waals surface area contributed by atoms with Crippen LogP contribution in [0.2, 0.25) is 5.02 Å². The average Bonchev–Trinajstić information content (AvgIpc) is 3.55. The maximum atomic E-state index is 13.0. The molecule has 0 unspecified atom stereocenters. The second kappa shape index (κ2) is 11.4. The van der Waals surface area contributed by atoms with Crippen LogP contribution in [0.3, 0.4) is 0 Å². The van der Waals surface area contributed by atoms with E-state index in [0.29, 0.717) is 40.0 Å². The number of benzene rings is 3. The van der Waals surface area contributed by atoms with Gasteiger partial charge in [0.1, 0.15) is 0 Å². The van der Waals surface area contributed by atoms with Crippen molar-refractivity contribution in [1.82, 2.24) is 14.9 Å². The van der Waals surface area contributed by atoms with Crippen LogP contribution in [0, 0.1) is 5.41 Å². The summed E-state index contributed by atoms with van der Waals surface area (Å²) < 4.78 is 2.86. The topological polar surface area (TPSA) is 88.1 Å². The summed E-state index contributed by atoms with van der Waals surface area (Å²) in [6.45, 7) is 2.54. The molecule has 7 nitrogen and oxygen atoms in total. The fourth-order valence-electron chi connectivity index (χ4n) is 5.25. The van der Waals surface area contributed by atoms with E-state index < -0.39 is 0 Å². The molecule has 0 atom stereocenters. The highest BCUT2D eigenvalue weighted by Gasteiger charge is 2.39. The van der Waals surface area contributed by atoms with Crippen molar-refractivity contribution < 1.29 is 9.59 Å². The maximum absolute atomic E-state index is 13.0. The second-order valence-electron chi connectivity index (χ2n) is 10.1. The van der Waals surface area contributed by atoms with Gasteiger partial charge in [-0.25, -0.2) is 4.98 Å². The number of halogens is 2. The predicted octanol–water partition coefficient (Wildman–Crippen LogP) is 7.57. The number of imidazole rings is 1. The SMILES string of the molecule is CCC1(C(=O)NCc2ccc(Cl)c(Nc3nc4cc(C(=O)Nc5ccc(Br)cc5)ccc4n3C)c2)CCCC1. The lowest BCUT2D eigenvalue weighted by Crippen LogP contribution is -2.38. The zero-order valence-electron chi connectivity index (χ0n) is 22.0. The molecular formula is C30H31BrClN5O2. The van der Waals surface area contributed by atoms with Crippen molar-refractivity contribution in [2.75, 3.05) is 10.6 Å². The van der Waals surface area contributed by atoms with Gasteiger partial charge in [-0.2, -0.15) is 0 Å². The summed E-state index contributed by atoms with van der Waals surface area (Å²) >= 11 is 9.92. The van der Waals surface area contributed by atoms with E-state index in [1.807, 2.05) is 60.1 Å². The molecule has 1 aliphatic rings. The van der Waals surface area contributed by atoms with Crippen molar-refractivity contribution in [3.8, 4) is 0 Å². The van der Waals surface area contributed by atoms with Crippen LogP contribution in [-0.2, 0) is 18.4 Å². The number of anilines is 3. The number of carbonyl (C=O) groups is 2. The number of hydrogen-bond acceptors (Lipinski definition) is 4. The van der Waals surface area contributed by atoms with Gasteiger partial charge in [-0.15, -0.1) is 0 Å². The highest BCUT2D eigenvalue weighted by atomic mass is 79.9. The third-order valence-electron chi connectivity index (χ3n) is 7.69. The van der Waals surface area contributed by atoms with Crippen LogP contribution in [-0.4, -0.2) is 21.4 Å². The van der Waals surface area contributed by atoms with E-state index >= 15 is 0 Å². The lowest BCUT2D eigenvalue weighted by atomic mass is 9.82. The number of rotatable bonds is 8. The summed E-state index contributed by atoms with van der Waals surface area (Å²) in [4.78, 5) is 30.5. The number of nitrogens with zero attached hydrogens (tertiary/aromatic N) is 2. The highest BCUT2D eigenvalue weighted by Crippen LogP contribution is 2.41. The first-order valence-corrected chi connectivity index (χ1v) is 14.3. The van der Waals surface area contributed by atoms with Crippen LogP contribution in [0.5, 0.6) is 0 Å². The Balaban J connectivity index is 1.31. The summed E-state index contributed by atoms with van der Waals surface area (Å²) in [5, 5.41) is 9.93. The number of aryl methyl sites for hydroxylation is 1. The van der Waals surface area contributed by atoms with Crippen LogP contribution in [0.4, 0.5) is 17.3 Å². The molecule has 1 aliphatic carbocycles. The van der Waals surface area contributed by atoms with Gasteiger partial charge in [0.15, 0.2) is 0 Å². The lowest BCUT2D eigenvalue weighted by molar-refractivity contribution is -0.131. The summed E-state index contributed by atoms with van der Waals surface area (Å²) in [7, 11) is 1.91.